The molecule has 29 heavy (non-hydrogen) atoms. The zero-order valence-electron chi connectivity index (χ0n) is 16.8. The van der Waals surface area contributed by atoms with Gasteiger partial charge >= 0.3 is 0 Å². The molecule has 1 N–H and O–H groups in total. The fraction of sp³-hybridized carbons (Fsp3) is 0.435. The van der Waals surface area contributed by atoms with Crippen molar-refractivity contribution < 1.29 is 4.79 Å². The Morgan fingerprint density at radius 1 is 1.17 bits per heavy atom. The summed E-state index contributed by atoms with van der Waals surface area (Å²) in [6, 6.07) is 14.0. The van der Waals surface area contributed by atoms with E-state index in [1.807, 2.05) is 30.0 Å². The first-order valence-corrected chi connectivity index (χ1v) is 12.0. The topological polar surface area (TPSA) is 32.3 Å². The summed E-state index contributed by atoms with van der Waals surface area (Å²) in [6.07, 6.45) is 1.96. The van der Waals surface area contributed by atoms with Gasteiger partial charge in [0.25, 0.3) is 0 Å². The van der Waals surface area contributed by atoms with E-state index in [9.17, 15) is 4.79 Å². The normalized spacial score (nSPS) is 17.3. The molecule has 1 atom stereocenters. The van der Waals surface area contributed by atoms with Gasteiger partial charge in [0, 0.05) is 46.7 Å². The highest BCUT2D eigenvalue weighted by Gasteiger charge is 2.26. The quantitative estimate of drug-likeness (QED) is 0.533. The maximum absolute atomic E-state index is 12.6. The molecular formula is C23H28Cl2N2OS. The summed E-state index contributed by atoms with van der Waals surface area (Å²) in [5.74, 6) is 2.10. The molecule has 3 rings (SSSR count). The van der Waals surface area contributed by atoms with Crippen LogP contribution in [0.1, 0.15) is 29.5 Å². The fourth-order valence-corrected chi connectivity index (χ4v) is 5.12. The van der Waals surface area contributed by atoms with Crippen molar-refractivity contribution in [2.75, 3.05) is 25.4 Å². The first-order chi connectivity index (χ1) is 14.0. The van der Waals surface area contributed by atoms with Crippen LogP contribution in [0.3, 0.4) is 0 Å². The van der Waals surface area contributed by atoms with Gasteiger partial charge in [-0.15, -0.1) is 0 Å². The van der Waals surface area contributed by atoms with Gasteiger partial charge in [-0.3, -0.25) is 9.69 Å². The molecule has 0 radical (unpaired) electrons. The predicted octanol–water partition coefficient (Wildman–Crippen LogP) is 5.56. The first-order valence-electron chi connectivity index (χ1n) is 10.1. The van der Waals surface area contributed by atoms with E-state index in [1.165, 1.54) is 11.1 Å². The van der Waals surface area contributed by atoms with Crippen LogP contribution in [0.25, 0.3) is 0 Å². The minimum Gasteiger partial charge on any atom is -0.355 e. The minimum absolute atomic E-state index is 0.0337. The molecule has 1 amide bonds. The number of likely N-dealkylation sites (tertiary alicyclic amines) is 1. The lowest BCUT2D eigenvalue weighted by Gasteiger charge is -2.32. The largest absolute Gasteiger partial charge is 0.355 e. The monoisotopic (exact) mass is 450 g/mol. The number of aryl methyl sites for hydroxylation is 1. The molecule has 156 valence electrons. The number of halogens is 2. The highest BCUT2D eigenvalue weighted by molar-refractivity contribution is 7.98. The molecule has 1 saturated heterocycles. The summed E-state index contributed by atoms with van der Waals surface area (Å²) < 4.78 is 0. The van der Waals surface area contributed by atoms with Gasteiger partial charge in [0.05, 0.1) is 5.92 Å². The van der Waals surface area contributed by atoms with Gasteiger partial charge in [0.1, 0.15) is 0 Å². The molecule has 0 spiro atoms. The number of amides is 1. The molecule has 0 bridgehead atoms. The van der Waals surface area contributed by atoms with E-state index in [0.717, 1.165) is 43.0 Å². The zero-order valence-corrected chi connectivity index (χ0v) is 19.1. The fourth-order valence-electron chi connectivity index (χ4n) is 3.67. The average Bonchev–Trinajstić information content (AvgIpc) is 2.72. The Labute approximate surface area is 188 Å². The van der Waals surface area contributed by atoms with Crippen molar-refractivity contribution in [1.29, 1.82) is 0 Å². The SMILES string of the molecule is Cc1ccccc1CSCCNC(=O)C1CCCN(Cc2c(Cl)cccc2Cl)C1. The smallest absolute Gasteiger partial charge is 0.224 e. The number of thioether (sulfide) groups is 1. The van der Waals surface area contributed by atoms with Crippen molar-refractivity contribution in [2.24, 2.45) is 5.92 Å². The predicted molar refractivity (Wildman–Crippen MR) is 125 cm³/mol. The van der Waals surface area contributed by atoms with Crippen molar-refractivity contribution >= 4 is 40.9 Å². The van der Waals surface area contributed by atoms with Crippen LogP contribution in [-0.2, 0) is 17.1 Å². The van der Waals surface area contributed by atoms with Gasteiger partial charge < -0.3 is 5.32 Å². The number of nitrogens with one attached hydrogen (secondary N) is 1. The van der Waals surface area contributed by atoms with E-state index in [4.69, 9.17) is 23.2 Å². The minimum atomic E-state index is 0.0337. The summed E-state index contributed by atoms with van der Waals surface area (Å²) in [7, 11) is 0. The Morgan fingerprint density at radius 3 is 2.69 bits per heavy atom. The number of hydrogen-bond donors (Lipinski definition) is 1. The molecule has 1 aliphatic rings. The molecular weight excluding hydrogens is 423 g/mol. The van der Waals surface area contributed by atoms with Crippen LogP contribution in [0, 0.1) is 12.8 Å². The van der Waals surface area contributed by atoms with E-state index < -0.39 is 0 Å². The molecule has 0 aromatic heterocycles. The van der Waals surface area contributed by atoms with Gasteiger partial charge in [0.2, 0.25) is 5.91 Å². The van der Waals surface area contributed by atoms with Crippen LogP contribution in [-0.4, -0.2) is 36.2 Å². The summed E-state index contributed by atoms with van der Waals surface area (Å²) in [6.45, 7) is 5.26. The second-order valence-corrected chi connectivity index (χ2v) is 9.46. The van der Waals surface area contributed by atoms with Crippen LogP contribution >= 0.6 is 35.0 Å². The van der Waals surface area contributed by atoms with Crippen LogP contribution < -0.4 is 5.32 Å². The van der Waals surface area contributed by atoms with Crippen LogP contribution in [0.5, 0.6) is 0 Å². The second-order valence-electron chi connectivity index (χ2n) is 7.54. The van der Waals surface area contributed by atoms with Gasteiger partial charge in [0.15, 0.2) is 0 Å². The van der Waals surface area contributed by atoms with Crippen molar-refractivity contribution in [3.05, 3.63) is 69.2 Å². The maximum Gasteiger partial charge on any atom is 0.224 e. The van der Waals surface area contributed by atoms with Crippen LogP contribution in [0.4, 0.5) is 0 Å². The number of carbonyl (C=O) groups excluding carboxylic acids is 1. The molecule has 0 aliphatic carbocycles. The number of hydrogen-bond acceptors (Lipinski definition) is 3. The summed E-state index contributed by atoms with van der Waals surface area (Å²) in [5, 5.41) is 4.50. The van der Waals surface area contributed by atoms with E-state index in [-0.39, 0.29) is 11.8 Å². The highest BCUT2D eigenvalue weighted by Crippen LogP contribution is 2.27. The third-order valence-electron chi connectivity index (χ3n) is 5.38. The molecule has 1 unspecified atom stereocenters. The molecule has 1 aliphatic heterocycles. The summed E-state index contributed by atoms with van der Waals surface area (Å²) in [4.78, 5) is 14.9. The van der Waals surface area contributed by atoms with E-state index >= 15 is 0 Å². The number of piperidine rings is 1. The van der Waals surface area contributed by atoms with E-state index in [0.29, 0.717) is 23.1 Å². The molecule has 1 fully saturated rings. The Bertz CT molecular complexity index is 810. The molecule has 3 nitrogen and oxygen atoms in total. The first kappa shape index (κ1) is 22.5. The third kappa shape index (κ3) is 6.65. The van der Waals surface area contributed by atoms with Crippen molar-refractivity contribution in [3.63, 3.8) is 0 Å². The number of rotatable bonds is 8. The van der Waals surface area contributed by atoms with E-state index in [1.54, 1.807) is 0 Å². The summed E-state index contributed by atoms with van der Waals surface area (Å²) in [5.41, 5.74) is 3.64. The zero-order chi connectivity index (χ0) is 20.6. The van der Waals surface area contributed by atoms with Crippen molar-refractivity contribution in [3.8, 4) is 0 Å². The van der Waals surface area contributed by atoms with Crippen molar-refractivity contribution in [1.82, 2.24) is 10.2 Å². The molecule has 0 saturated carbocycles. The molecule has 6 heteroatoms. The molecule has 2 aromatic carbocycles. The van der Waals surface area contributed by atoms with E-state index in [2.05, 4.69) is 41.4 Å². The average molecular weight is 451 g/mol. The number of benzene rings is 2. The Kier molecular flexibility index (Phi) is 8.73. The maximum atomic E-state index is 12.6. The lowest BCUT2D eigenvalue weighted by atomic mass is 9.96. The lowest BCUT2D eigenvalue weighted by molar-refractivity contribution is -0.126. The Hall–Kier alpha value is -1.20. The number of carbonyl (C=O) groups is 1. The Morgan fingerprint density at radius 2 is 1.93 bits per heavy atom. The standard InChI is InChI=1S/C23H28Cl2N2OS/c1-17-6-2-3-7-19(17)16-29-13-11-26-23(28)18-8-5-12-27(14-18)15-20-21(24)9-4-10-22(20)25/h2-4,6-7,9-10,18H,5,8,11-16H2,1H3,(H,26,28). The van der Waals surface area contributed by atoms with Gasteiger partial charge in [-0.05, 0) is 49.6 Å². The Balaban J connectivity index is 1.41. The molecule has 1 heterocycles. The highest BCUT2D eigenvalue weighted by atomic mass is 35.5. The number of nitrogens with zero attached hydrogens (tertiary/aromatic N) is 1. The van der Waals surface area contributed by atoms with Crippen LogP contribution in [0.15, 0.2) is 42.5 Å². The van der Waals surface area contributed by atoms with Crippen LogP contribution in [0.2, 0.25) is 10.0 Å². The summed E-state index contributed by atoms with van der Waals surface area (Å²) >= 11 is 14.5. The van der Waals surface area contributed by atoms with Gasteiger partial charge in [-0.25, -0.2) is 0 Å². The lowest BCUT2D eigenvalue weighted by Crippen LogP contribution is -2.43. The second kappa shape index (κ2) is 11.3. The van der Waals surface area contributed by atoms with Gasteiger partial charge in [-0.1, -0.05) is 53.5 Å². The van der Waals surface area contributed by atoms with Gasteiger partial charge in [-0.2, -0.15) is 11.8 Å². The van der Waals surface area contributed by atoms with Crippen molar-refractivity contribution in [2.45, 2.75) is 32.1 Å². The third-order valence-corrected chi connectivity index (χ3v) is 7.10. The molecule has 2 aromatic rings.